The fourth-order valence-corrected chi connectivity index (χ4v) is 2.72. The van der Waals surface area contributed by atoms with Crippen LogP contribution in [0.2, 0.25) is 0 Å². The van der Waals surface area contributed by atoms with Gasteiger partial charge in [0.1, 0.15) is 5.75 Å². The van der Waals surface area contributed by atoms with Crippen molar-refractivity contribution < 1.29 is 9.53 Å². The normalized spacial score (nSPS) is 9.81. The molecule has 0 radical (unpaired) electrons. The van der Waals surface area contributed by atoms with Crippen LogP contribution in [-0.2, 0) is 11.2 Å². The summed E-state index contributed by atoms with van der Waals surface area (Å²) in [5.41, 5.74) is 4.10. The molecule has 3 nitrogen and oxygen atoms in total. The number of methoxy groups -OCH3 is 1. The maximum atomic E-state index is 12.1. The topological polar surface area (TPSA) is 38.3 Å². The lowest BCUT2D eigenvalue weighted by atomic mass is 10.0. The highest BCUT2D eigenvalue weighted by Gasteiger charge is 2.03. The number of carbonyl (C=O) groups excluding carboxylic acids is 1. The lowest BCUT2D eigenvalue weighted by Gasteiger charge is -2.05. The summed E-state index contributed by atoms with van der Waals surface area (Å²) in [6, 6.07) is 25.8. The number of nitrogens with one attached hydrogen (secondary N) is 1. The minimum atomic E-state index is -0.0446. The zero-order valence-corrected chi connectivity index (χ0v) is 15.2. The second-order valence-electron chi connectivity index (χ2n) is 6.02. The van der Waals surface area contributed by atoms with Gasteiger partial charge in [-0.05, 0) is 28.8 Å². The van der Waals surface area contributed by atoms with Crippen LogP contribution in [0, 0.1) is 11.8 Å². The quantitative estimate of drug-likeness (QED) is 0.701. The number of carbonyl (C=O) groups is 1. The summed E-state index contributed by atoms with van der Waals surface area (Å²) in [7, 11) is 1.62. The van der Waals surface area contributed by atoms with E-state index in [1.807, 2.05) is 66.7 Å². The highest BCUT2D eigenvalue weighted by Crippen LogP contribution is 2.19. The number of amides is 1. The first-order chi connectivity index (χ1) is 13.3. The molecule has 0 spiro atoms. The molecule has 1 N–H and O–H groups in total. The summed E-state index contributed by atoms with van der Waals surface area (Å²) in [5.74, 6) is 6.67. The Morgan fingerprint density at radius 1 is 0.889 bits per heavy atom. The molecule has 0 aliphatic rings. The van der Waals surface area contributed by atoms with E-state index in [1.54, 1.807) is 7.11 Å². The van der Waals surface area contributed by atoms with Gasteiger partial charge in [-0.15, -0.1) is 0 Å². The minimum Gasteiger partial charge on any atom is -0.495 e. The van der Waals surface area contributed by atoms with E-state index in [-0.39, 0.29) is 5.91 Å². The zero-order valence-electron chi connectivity index (χ0n) is 15.2. The monoisotopic (exact) mass is 355 g/mol. The van der Waals surface area contributed by atoms with Crippen molar-refractivity contribution in [3.8, 4) is 28.7 Å². The summed E-state index contributed by atoms with van der Waals surface area (Å²) < 4.78 is 5.25. The molecule has 3 heteroatoms. The molecule has 0 heterocycles. The van der Waals surface area contributed by atoms with Gasteiger partial charge in [0.05, 0.1) is 25.6 Å². The van der Waals surface area contributed by atoms with E-state index < -0.39 is 0 Å². The molecule has 0 aromatic heterocycles. The first-order valence-electron chi connectivity index (χ1n) is 8.79. The van der Waals surface area contributed by atoms with E-state index in [4.69, 9.17) is 4.74 Å². The van der Waals surface area contributed by atoms with Gasteiger partial charge in [0, 0.05) is 0 Å². The van der Waals surface area contributed by atoms with Crippen LogP contribution in [-0.4, -0.2) is 19.6 Å². The van der Waals surface area contributed by atoms with Crippen LogP contribution >= 0.6 is 0 Å². The van der Waals surface area contributed by atoms with Crippen LogP contribution in [0.3, 0.4) is 0 Å². The largest absolute Gasteiger partial charge is 0.495 e. The summed E-state index contributed by atoms with van der Waals surface area (Å²) in [4.78, 5) is 12.1. The Balaban J connectivity index is 1.52. The van der Waals surface area contributed by atoms with Crippen LogP contribution in [0.1, 0.15) is 11.1 Å². The van der Waals surface area contributed by atoms with E-state index in [9.17, 15) is 4.79 Å². The molecule has 0 aliphatic carbocycles. The van der Waals surface area contributed by atoms with E-state index >= 15 is 0 Å². The minimum absolute atomic E-state index is 0.0446. The number of rotatable bonds is 5. The summed E-state index contributed by atoms with van der Waals surface area (Å²) in [6.45, 7) is 0.305. The van der Waals surface area contributed by atoms with Gasteiger partial charge in [-0.2, -0.15) is 0 Å². The third-order valence-corrected chi connectivity index (χ3v) is 4.13. The number of ether oxygens (including phenoxy) is 1. The van der Waals surface area contributed by atoms with Gasteiger partial charge in [0.15, 0.2) is 0 Å². The molecule has 27 heavy (non-hydrogen) atoms. The van der Waals surface area contributed by atoms with Crippen molar-refractivity contribution in [3.63, 3.8) is 0 Å². The number of hydrogen-bond donors (Lipinski definition) is 1. The Labute approximate surface area is 160 Å². The van der Waals surface area contributed by atoms with Crippen molar-refractivity contribution in [2.45, 2.75) is 6.42 Å². The fourth-order valence-electron chi connectivity index (χ4n) is 2.72. The summed E-state index contributed by atoms with van der Waals surface area (Å²) >= 11 is 0. The number of benzene rings is 3. The van der Waals surface area contributed by atoms with Gasteiger partial charge in [-0.3, -0.25) is 4.79 Å². The van der Waals surface area contributed by atoms with Crippen molar-refractivity contribution in [3.05, 3.63) is 90.0 Å². The number of hydrogen-bond acceptors (Lipinski definition) is 2. The predicted octanol–water partition coefficient (Wildman–Crippen LogP) is 4.07. The molecule has 0 bridgehead atoms. The molecule has 0 saturated carbocycles. The van der Waals surface area contributed by atoms with Gasteiger partial charge < -0.3 is 10.1 Å². The van der Waals surface area contributed by atoms with Gasteiger partial charge in [0.2, 0.25) is 5.91 Å². The third kappa shape index (κ3) is 5.23. The highest BCUT2D eigenvalue weighted by atomic mass is 16.5. The van der Waals surface area contributed by atoms with E-state index in [1.165, 1.54) is 5.56 Å². The van der Waals surface area contributed by atoms with E-state index in [2.05, 4.69) is 29.3 Å². The van der Waals surface area contributed by atoms with Crippen molar-refractivity contribution >= 4 is 5.91 Å². The second-order valence-corrected chi connectivity index (χ2v) is 6.02. The molecule has 3 aromatic rings. The van der Waals surface area contributed by atoms with Gasteiger partial charge in [0.25, 0.3) is 0 Å². The average Bonchev–Trinajstić information content (AvgIpc) is 2.73. The highest BCUT2D eigenvalue weighted by molar-refractivity contribution is 5.79. The summed E-state index contributed by atoms with van der Waals surface area (Å²) in [6.07, 6.45) is 0.339. The molecule has 0 unspecified atom stereocenters. The van der Waals surface area contributed by atoms with Crippen molar-refractivity contribution in [1.29, 1.82) is 0 Å². The molecular formula is C24H21NO2. The first-order valence-corrected chi connectivity index (χ1v) is 8.79. The second kappa shape index (κ2) is 9.26. The predicted molar refractivity (Wildman–Crippen MR) is 108 cm³/mol. The SMILES string of the molecule is COc1ccccc1C#CCNC(=O)Cc1ccc(-c2ccccc2)cc1. The lowest BCUT2D eigenvalue weighted by molar-refractivity contribution is -0.120. The molecule has 0 atom stereocenters. The third-order valence-electron chi connectivity index (χ3n) is 4.13. The molecule has 3 rings (SSSR count). The maximum Gasteiger partial charge on any atom is 0.225 e. The van der Waals surface area contributed by atoms with E-state index in [0.717, 1.165) is 22.4 Å². The van der Waals surface area contributed by atoms with Gasteiger partial charge in [-0.25, -0.2) is 0 Å². The molecular weight excluding hydrogens is 334 g/mol. The summed E-state index contributed by atoms with van der Waals surface area (Å²) in [5, 5.41) is 2.83. The Bertz CT molecular complexity index is 951. The van der Waals surface area contributed by atoms with Gasteiger partial charge >= 0.3 is 0 Å². The number of para-hydroxylation sites is 1. The van der Waals surface area contributed by atoms with Crippen LogP contribution in [0.15, 0.2) is 78.9 Å². The molecule has 0 aliphatic heterocycles. The Morgan fingerprint density at radius 2 is 1.56 bits per heavy atom. The van der Waals surface area contributed by atoms with Crippen LogP contribution in [0.5, 0.6) is 5.75 Å². The molecule has 3 aromatic carbocycles. The first kappa shape index (κ1) is 18.3. The van der Waals surface area contributed by atoms with Crippen LogP contribution in [0.4, 0.5) is 0 Å². The Morgan fingerprint density at radius 3 is 2.30 bits per heavy atom. The fraction of sp³-hybridized carbons (Fsp3) is 0.125. The lowest BCUT2D eigenvalue weighted by Crippen LogP contribution is -2.25. The van der Waals surface area contributed by atoms with Crippen molar-refractivity contribution in [1.82, 2.24) is 5.32 Å². The standard InChI is InChI=1S/C24H21NO2/c1-27-23-12-6-5-10-22(23)11-7-17-25-24(26)18-19-13-15-21(16-14-19)20-8-3-2-4-9-20/h2-6,8-10,12-16H,17-18H2,1H3,(H,25,26). The average molecular weight is 355 g/mol. The van der Waals surface area contributed by atoms with Crippen molar-refractivity contribution in [2.24, 2.45) is 0 Å². The van der Waals surface area contributed by atoms with Gasteiger partial charge in [-0.1, -0.05) is 78.6 Å². The van der Waals surface area contributed by atoms with Crippen LogP contribution in [0.25, 0.3) is 11.1 Å². The van der Waals surface area contributed by atoms with Crippen molar-refractivity contribution in [2.75, 3.05) is 13.7 Å². The maximum absolute atomic E-state index is 12.1. The Kier molecular flexibility index (Phi) is 6.27. The molecule has 134 valence electrons. The smallest absolute Gasteiger partial charge is 0.225 e. The molecule has 0 fully saturated rings. The zero-order chi connectivity index (χ0) is 18.9. The molecule has 1 amide bonds. The Hall–Kier alpha value is -3.51. The molecule has 0 saturated heterocycles. The van der Waals surface area contributed by atoms with E-state index in [0.29, 0.717) is 13.0 Å². The van der Waals surface area contributed by atoms with Crippen LogP contribution < -0.4 is 10.1 Å².